The monoisotopic (exact) mass is 271 g/mol. The van der Waals surface area contributed by atoms with Crippen LogP contribution in [0.2, 0.25) is 0 Å². The van der Waals surface area contributed by atoms with Crippen molar-refractivity contribution < 1.29 is 56.1 Å². The summed E-state index contributed by atoms with van der Waals surface area (Å²) >= 11 is 0. The minimum Gasteiger partial charge on any atom is -1.00 e. The molecule has 0 heterocycles. The zero-order valence-corrected chi connectivity index (χ0v) is 10.2. The van der Waals surface area contributed by atoms with E-state index in [4.69, 9.17) is 21.1 Å². The number of hydrogen-bond acceptors (Lipinski definition) is 2. The number of allylic oxidation sites excluding steroid dienone is 4. The number of hydrogen-bond donors (Lipinski definition) is 0. The number of halogens is 2. The quantitative estimate of drug-likeness (QED) is 0.254. The van der Waals surface area contributed by atoms with Gasteiger partial charge in [0, 0.05) is 12.8 Å². The molecule has 0 radical (unpaired) electrons. The van der Waals surface area contributed by atoms with E-state index in [-0.39, 0.29) is 59.4 Å². The van der Waals surface area contributed by atoms with Crippen LogP contribution in [0.4, 0.5) is 0 Å². The van der Waals surface area contributed by atoms with Crippen LogP contribution < -0.4 is 24.8 Å². The third kappa shape index (κ3) is 60.5. The van der Waals surface area contributed by atoms with Gasteiger partial charge in [-0.25, -0.2) is 12.2 Å². The van der Waals surface area contributed by atoms with Crippen molar-refractivity contribution in [1.29, 1.82) is 0 Å². The first-order valence-electron chi connectivity index (χ1n) is 2.77. The van der Waals surface area contributed by atoms with Crippen LogP contribution in [0.15, 0.2) is 18.2 Å². The molecule has 0 saturated carbocycles. The second kappa shape index (κ2) is 38.7. The van der Waals surface area contributed by atoms with Crippen molar-refractivity contribution in [2.45, 2.75) is 6.42 Å². The van der Waals surface area contributed by atoms with Crippen LogP contribution in [0.1, 0.15) is 6.42 Å². The van der Waals surface area contributed by atoms with Gasteiger partial charge < -0.3 is 45.9 Å². The Morgan fingerprint density at radius 1 is 1.14 bits per heavy atom. The molecular formula is C7H9Cl2N2O2Ti-3. The number of nitrogens with one attached hydrogen (secondary N) is 2. The molecule has 0 aliphatic heterocycles. The molecule has 1 rings (SSSR count). The molecule has 0 spiro atoms. The molecular weight excluding hydrogens is 263 g/mol. The maximum Gasteiger partial charge on any atom is 2.00 e. The van der Waals surface area contributed by atoms with Gasteiger partial charge in [-0.1, -0.05) is 0 Å². The second-order valence-corrected chi connectivity index (χ2v) is 1.24. The predicted octanol–water partition coefficient (Wildman–Crippen LogP) is -4.30. The standard InChI is InChI=1S/C5H5.2CH3NO.2ClH.Ti/c1-2-4-5-3-1;2*2-1-3;;;/h1-3H,4H2;2*1H,(H2,2,3);2*1H;/q-1;;;;;+2/p-4. The minimum absolute atomic E-state index is 0. The summed E-state index contributed by atoms with van der Waals surface area (Å²) in [5.41, 5.74) is 11.1. The van der Waals surface area contributed by atoms with Crippen LogP contribution in [-0.2, 0) is 31.3 Å². The van der Waals surface area contributed by atoms with Crippen LogP contribution >= 0.6 is 0 Å². The number of amides is 2. The van der Waals surface area contributed by atoms with E-state index in [1.807, 2.05) is 12.2 Å². The molecule has 80 valence electrons. The van der Waals surface area contributed by atoms with E-state index in [9.17, 15) is 0 Å². The van der Waals surface area contributed by atoms with E-state index in [1.54, 1.807) is 0 Å². The average molecular weight is 272 g/mol. The molecule has 2 amide bonds. The molecule has 0 saturated heterocycles. The maximum atomic E-state index is 8.47. The summed E-state index contributed by atoms with van der Waals surface area (Å²) in [6.07, 6.45) is 10.0. The van der Waals surface area contributed by atoms with Gasteiger partial charge in [0.2, 0.25) is 0 Å². The van der Waals surface area contributed by atoms with E-state index in [0.717, 1.165) is 6.42 Å². The van der Waals surface area contributed by atoms with Gasteiger partial charge in [-0.2, -0.15) is 6.08 Å². The number of rotatable bonds is 0. The molecule has 1 aliphatic carbocycles. The average Bonchev–Trinajstić information content (AvgIpc) is 2.44. The predicted molar refractivity (Wildman–Crippen MR) is 42.3 cm³/mol. The normalized spacial score (nSPS) is 8.00. The summed E-state index contributed by atoms with van der Waals surface area (Å²) < 4.78 is 0. The Balaban J connectivity index is -0.0000000276. The van der Waals surface area contributed by atoms with Gasteiger partial charge >= 0.3 is 21.7 Å². The molecule has 7 heteroatoms. The molecule has 1 aliphatic rings. The van der Waals surface area contributed by atoms with E-state index < -0.39 is 0 Å². The van der Waals surface area contributed by atoms with Gasteiger partial charge in [-0.15, -0.1) is 6.42 Å². The van der Waals surface area contributed by atoms with Gasteiger partial charge in [0.05, 0.1) is 0 Å². The fraction of sp³-hybridized carbons (Fsp3) is 0.143. The zero-order chi connectivity index (χ0) is 8.95. The topological polar surface area (TPSA) is 81.7 Å². The fourth-order valence-electron chi connectivity index (χ4n) is 0.340. The van der Waals surface area contributed by atoms with Crippen LogP contribution in [0, 0.1) is 6.08 Å². The Labute approximate surface area is 111 Å². The second-order valence-electron chi connectivity index (χ2n) is 1.24. The fourth-order valence-corrected chi connectivity index (χ4v) is 0.340. The first kappa shape index (κ1) is 29.2. The molecule has 0 aromatic carbocycles. The Hall–Kier alpha value is -0.286. The molecule has 0 aromatic heterocycles. The van der Waals surface area contributed by atoms with Crippen molar-refractivity contribution >= 4 is 12.8 Å². The van der Waals surface area contributed by atoms with E-state index in [2.05, 4.69) is 12.2 Å². The van der Waals surface area contributed by atoms with Gasteiger partial charge in [-0.05, 0) is 0 Å². The minimum atomic E-state index is 0. The SMILES string of the molecule is [C-]1=CC=CC1.[Cl-].[Cl-].[NH-]C=O.[NH-]C=O.[Ti+2]. The molecule has 0 atom stereocenters. The largest absolute Gasteiger partial charge is 2.00 e. The van der Waals surface area contributed by atoms with Crippen molar-refractivity contribution in [3.05, 3.63) is 35.8 Å². The summed E-state index contributed by atoms with van der Waals surface area (Å²) in [6, 6.07) is 0. The third-order valence-electron chi connectivity index (χ3n) is 0.586. The van der Waals surface area contributed by atoms with Gasteiger partial charge in [0.1, 0.15) is 0 Å². The van der Waals surface area contributed by atoms with Crippen LogP contribution in [0.25, 0.3) is 11.5 Å². The molecule has 0 fully saturated rings. The molecule has 2 N–H and O–H groups in total. The molecule has 0 unspecified atom stereocenters. The molecule has 0 bridgehead atoms. The number of carbonyl (C=O) groups is 2. The molecule has 4 nitrogen and oxygen atoms in total. The Morgan fingerprint density at radius 2 is 1.50 bits per heavy atom. The third-order valence-corrected chi connectivity index (χ3v) is 0.586. The summed E-state index contributed by atoms with van der Waals surface area (Å²) in [4.78, 5) is 16.9. The smallest absolute Gasteiger partial charge is 1.00 e. The van der Waals surface area contributed by atoms with Crippen molar-refractivity contribution in [3.63, 3.8) is 0 Å². The Kier molecular flexibility index (Phi) is 80.7. The van der Waals surface area contributed by atoms with Crippen molar-refractivity contribution in [2.75, 3.05) is 0 Å². The van der Waals surface area contributed by atoms with E-state index >= 15 is 0 Å². The van der Waals surface area contributed by atoms with Gasteiger partial charge in [0.15, 0.2) is 0 Å². The first-order valence-corrected chi connectivity index (χ1v) is 2.77. The summed E-state index contributed by atoms with van der Waals surface area (Å²) in [5.74, 6) is 0. The van der Waals surface area contributed by atoms with Crippen molar-refractivity contribution in [1.82, 2.24) is 0 Å². The summed E-state index contributed by atoms with van der Waals surface area (Å²) in [6.45, 7) is 0. The first-order chi connectivity index (χ1) is 5.33. The summed E-state index contributed by atoms with van der Waals surface area (Å²) in [7, 11) is 0. The summed E-state index contributed by atoms with van der Waals surface area (Å²) in [5, 5.41) is 0. The Morgan fingerprint density at radius 3 is 1.57 bits per heavy atom. The molecule has 14 heavy (non-hydrogen) atoms. The van der Waals surface area contributed by atoms with Gasteiger partial charge in [-0.3, -0.25) is 6.08 Å². The van der Waals surface area contributed by atoms with Gasteiger partial charge in [0.25, 0.3) is 0 Å². The number of carbonyl (C=O) groups excluding carboxylic acids is 2. The Bertz CT molecular complexity index is 139. The maximum absolute atomic E-state index is 8.47. The van der Waals surface area contributed by atoms with Crippen LogP contribution in [0.3, 0.4) is 0 Å². The zero-order valence-electron chi connectivity index (χ0n) is 7.17. The van der Waals surface area contributed by atoms with Crippen molar-refractivity contribution in [3.8, 4) is 0 Å². The van der Waals surface area contributed by atoms with Crippen molar-refractivity contribution in [2.24, 2.45) is 0 Å². The van der Waals surface area contributed by atoms with Crippen LogP contribution in [0.5, 0.6) is 0 Å². The molecule has 0 aromatic rings. The van der Waals surface area contributed by atoms with E-state index in [0.29, 0.717) is 0 Å². The van der Waals surface area contributed by atoms with E-state index in [1.165, 1.54) is 0 Å². The van der Waals surface area contributed by atoms with Crippen LogP contribution in [-0.4, -0.2) is 12.8 Å².